The molecule has 0 saturated carbocycles. The highest BCUT2D eigenvalue weighted by atomic mass is 16.6. The van der Waals surface area contributed by atoms with Gasteiger partial charge < -0.3 is 24.8 Å². The zero-order valence-corrected chi connectivity index (χ0v) is 22.4. The van der Waals surface area contributed by atoms with Gasteiger partial charge in [-0.1, -0.05) is 0 Å². The number of pyridine rings is 1. The maximum Gasteiger partial charge on any atom is 0.410 e. The lowest BCUT2D eigenvalue weighted by atomic mass is 10.1. The molecule has 1 aliphatic heterocycles. The molecule has 4 aromatic heterocycles. The second-order valence-corrected chi connectivity index (χ2v) is 10.3. The Hall–Kier alpha value is -4.68. The third-order valence-electron chi connectivity index (χ3n) is 6.16. The normalized spacial score (nSPS) is 15.2. The number of fused-ring (bicyclic) bond motifs is 1. The zero-order chi connectivity index (χ0) is 27.9. The summed E-state index contributed by atoms with van der Waals surface area (Å²) in [5, 5.41) is 21.2. The van der Waals surface area contributed by atoms with E-state index in [1.54, 1.807) is 27.2 Å². The minimum atomic E-state index is -1.13. The molecule has 5 rings (SSSR count). The Kier molecular flexibility index (Phi) is 6.58. The Morgan fingerprint density at radius 3 is 2.67 bits per heavy atom. The first-order valence-electron chi connectivity index (χ1n) is 12.5. The Morgan fingerprint density at radius 2 is 1.97 bits per heavy atom. The number of carboxylic acid groups (broad SMARTS) is 1. The average molecular weight is 535 g/mol. The molecule has 1 amide bonds. The number of amides is 1. The number of nitrogens with one attached hydrogen (secondary N) is 1. The highest BCUT2D eigenvalue weighted by Gasteiger charge is 2.36. The summed E-state index contributed by atoms with van der Waals surface area (Å²) in [4.78, 5) is 33.6. The molecule has 0 aliphatic carbocycles. The number of rotatable bonds is 7. The van der Waals surface area contributed by atoms with Crippen LogP contribution in [-0.4, -0.2) is 76.2 Å². The van der Waals surface area contributed by atoms with Crippen LogP contribution in [0.15, 0.2) is 36.7 Å². The Bertz CT molecular complexity index is 1550. The maximum atomic E-state index is 12.4. The van der Waals surface area contributed by atoms with Crippen LogP contribution >= 0.6 is 0 Å². The quantitative estimate of drug-likeness (QED) is 0.360. The summed E-state index contributed by atoms with van der Waals surface area (Å²) >= 11 is 0. The van der Waals surface area contributed by atoms with Gasteiger partial charge in [-0.2, -0.15) is 10.2 Å². The van der Waals surface area contributed by atoms with Gasteiger partial charge in [0.2, 0.25) is 0 Å². The summed E-state index contributed by atoms with van der Waals surface area (Å²) in [5.41, 5.74) is 1.80. The number of aryl methyl sites for hydroxylation is 2. The minimum Gasteiger partial charge on any atom is -0.487 e. The number of carbonyl (C=O) groups is 2. The standard InChI is InChI=1S/C26H30N8O5/c1-15-28-19(24(35)36)12-21(29-15)30-22-11-18-10-16(6-9-34(18)31-22)23-20(13-27-32(23)5)38-14-17-7-8-33(17)25(37)39-26(2,3)4/h6,9-13,17H,7-8,14H2,1-5H3,(H,35,36)(H,28,29,30,31)/t17-/m1/s1. The summed E-state index contributed by atoms with van der Waals surface area (Å²) < 4.78 is 15.1. The lowest BCUT2D eigenvalue weighted by molar-refractivity contribution is -0.0141. The smallest absolute Gasteiger partial charge is 0.410 e. The monoisotopic (exact) mass is 534 g/mol. The predicted octanol–water partition coefficient (Wildman–Crippen LogP) is 3.66. The first-order chi connectivity index (χ1) is 18.5. The van der Waals surface area contributed by atoms with Crippen LogP contribution in [0.1, 0.15) is 43.5 Å². The van der Waals surface area contributed by atoms with Crippen molar-refractivity contribution in [2.45, 2.75) is 45.8 Å². The SMILES string of the molecule is Cc1nc(Nc2cc3cc(-c4c(OC[C@H]5CCN5C(=O)OC(C)(C)C)cnn4C)ccn3n2)cc(C(=O)O)n1. The lowest BCUT2D eigenvalue weighted by Gasteiger charge is -2.40. The first kappa shape index (κ1) is 25.9. The molecule has 0 bridgehead atoms. The number of likely N-dealkylation sites (tertiary alicyclic amines) is 1. The van der Waals surface area contributed by atoms with Crippen LogP contribution in [0.3, 0.4) is 0 Å². The molecule has 13 heteroatoms. The molecule has 1 aliphatic rings. The van der Waals surface area contributed by atoms with E-state index >= 15 is 0 Å². The number of anilines is 2. The van der Waals surface area contributed by atoms with Crippen molar-refractivity contribution in [3.63, 3.8) is 0 Å². The summed E-state index contributed by atoms with van der Waals surface area (Å²) in [5.74, 6) is 0.640. The second kappa shape index (κ2) is 9.89. The van der Waals surface area contributed by atoms with E-state index in [2.05, 4.69) is 25.5 Å². The fourth-order valence-electron chi connectivity index (χ4n) is 4.29. The van der Waals surface area contributed by atoms with Gasteiger partial charge in [0, 0.05) is 37.5 Å². The van der Waals surface area contributed by atoms with Gasteiger partial charge in [-0.05, 0) is 46.2 Å². The number of nitrogens with zero attached hydrogens (tertiary/aromatic N) is 7. The molecule has 1 saturated heterocycles. The van der Waals surface area contributed by atoms with Crippen LogP contribution in [0.2, 0.25) is 0 Å². The van der Waals surface area contributed by atoms with Gasteiger partial charge in [0.1, 0.15) is 29.5 Å². The van der Waals surface area contributed by atoms with Crippen molar-refractivity contribution in [2.75, 3.05) is 18.5 Å². The van der Waals surface area contributed by atoms with Crippen LogP contribution in [0.5, 0.6) is 5.75 Å². The summed E-state index contributed by atoms with van der Waals surface area (Å²) in [6.07, 6.45) is 3.99. The summed E-state index contributed by atoms with van der Waals surface area (Å²) in [7, 11) is 1.84. The van der Waals surface area contributed by atoms with Crippen LogP contribution < -0.4 is 10.1 Å². The van der Waals surface area contributed by atoms with Gasteiger partial charge in [0.15, 0.2) is 17.3 Å². The molecule has 5 heterocycles. The molecule has 0 aromatic carbocycles. The van der Waals surface area contributed by atoms with Crippen molar-refractivity contribution in [1.82, 2.24) is 34.3 Å². The van der Waals surface area contributed by atoms with Crippen LogP contribution in [0.4, 0.5) is 16.4 Å². The van der Waals surface area contributed by atoms with E-state index in [1.165, 1.54) is 6.07 Å². The van der Waals surface area contributed by atoms with Crippen molar-refractivity contribution in [3.05, 3.63) is 48.2 Å². The van der Waals surface area contributed by atoms with Crippen molar-refractivity contribution in [3.8, 4) is 17.0 Å². The predicted molar refractivity (Wildman–Crippen MR) is 141 cm³/mol. The molecule has 204 valence electrons. The third-order valence-corrected chi connectivity index (χ3v) is 6.16. The Labute approximate surface area is 224 Å². The number of carboxylic acids is 1. The molecule has 13 nitrogen and oxygen atoms in total. The topological polar surface area (TPSA) is 149 Å². The van der Waals surface area contributed by atoms with E-state index in [9.17, 15) is 14.7 Å². The van der Waals surface area contributed by atoms with Gasteiger partial charge in [-0.3, -0.25) is 4.68 Å². The van der Waals surface area contributed by atoms with Gasteiger partial charge in [-0.25, -0.2) is 24.1 Å². The molecule has 0 spiro atoms. The minimum absolute atomic E-state index is 0.0640. The number of hydrogen-bond donors (Lipinski definition) is 2. The number of aromatic nitrogens is 6. The largest absolute Gasteiger partial charge is 0.487 e. The summed E-state index contributed by atoms with van der Waals surface area (Å²) in [6.45, 7) is 8.14. The fraction of sp³-hybridized carbons (Fsp3) is 0.385. The molecule has 4 aromatic rings. The molecule has 1 atom stereocenters. The molecular formula is C26H30N8O5. The lowest BCUT2D eigenvalue weighted by Crippen LogP contribution is -2.55. The number of carbonyl (C=O) groups excluding carboxylic acids is 1. The average Bonchev–Trinajstić information content (AvgIpc) is 3.38. The third kappa shape index (κ3) is 5.61. The Balaban J connectivity index is 1.32. The van der Waals surface area contributed by atoms with E-state index in [1.807, 2.05) is 52.2 Å². The Morgan fingerprint density at radius 1 is 1.18 bits per heavy atom. The zero-order valence-electron chi connectivity index (χ0n) is 22.4. The number of aromatic carboxylic acids is 1. The first-order valence-corrected chi connectivity index (χ1v) is 12.5. The highest BCUT2D eigenvalue weighted by molar-refractivity contribution is 5.86. The van der Waals surface area contributed by atoms with Gasteiger partial charge >= 0.3 is 12.1 Å². The van der Waals surface area contributed by atoms with E-state index < -0.39 is 11.6 Å². The molecule has 2 N–H and O–H groups in total. The second-order valence-electron chi connectivity index (χ2n) is 10.3. The van der Waals surface area contributed by atoms with Crippen LogP contribution in [-0.2, 0) is 11.8 Å². The van der Waals surface area contributed by atoms with E-state index in [-0.39, 0.29) is 17.8 Å². The number of hydrogen-bond acceptors (Lipinski definition) is 9. The van der Waals surface area contributed by atoms with E-state index in [4.69, 9.17) is 9.47 Å². The van der Waals surface area contributed by atoms with E-state index in [0.717, 1.165) is 23.2 Å². The van der Waals surface area contributed by atoms with Crippen molar-refractivity contribution >= 4 is 29.2 Å². The van der Waals surface area contributed by atoms with Gasteiger partial charge in [0.05, 0.1) is 17.8 Å². The fourth-order valence-corrected chi connectivity index (χ4v) is 4.29. The highest BCUT2D eigenvalue weighted by Crippen LogP contribution is 2.32. The van der Waals surface area contributed by atoms with Gasteiger partial charge in [0.25, 0.3) is 0 Å². The number of ether oxygens (including phenoxy) is 2. The molecule has 0 radical (unpaired) electrons. The molecule has 39 heavy (non-hydrogen) atoms. The van der Waals surface area contributed by atoms with Crippen molar-refractivity contribution in [1.29, 1.82) is 0 Å². The van der Waals surface area contributed by atoms with E-state index in [0.29, 0.717) is 36.4 Å². The summed E-state index contributed by atoms with van der Waals surface area (Å²) in [6, 6.07) is 6.97. The van der Waals surface area contributed by atoms with Crippen molar-refractivity contribution < 1.29 is 24.2 Å². The maximum absolute atomic E-state index is 12.4. The van der Waals surface area contributed by atoms with Crippen LogP contribution in [0, 0.1) is 6.92 Å². The van der Waals surface area contributed by atoms with Crippen molar-refractivity contribution in [2.24, 2.45) is 7.05 Å². The molecule has 0 unspecified atom stereocenters. The van der Waals surface area contributed by atoms with Gasteiger partial charge in [-0.15, -0.1) is 0 Å². The molecule has 1 fully saturated rings. The van der Waals surface area contributed by atoms with Crippen LogP contribution in [0.25, 0.3) is 16.8 Å². The molecular weight excluding hydrogens is 504 g/mol.